The van der Waals surface area contributed by atoms with Crippen LogP contribution >= 0.6 is 0 Å². The van der Waals surface area contributed by atoms with Gasteiger partial charge in [0, 0.05) is 50.4 Å². The van der Waals surface area contributed by atoms with Crippen molar-refractivity contribution in [2.24, 2.45) is 0 Å². The number of nitrogens with zero attached hydrogens (tertiary/aromatic N) is 5. The molecule has 2 aromatic heterocycles. The Morgan fingerprint density at radius 2 is 2.04 bits per heavy atom. The van der Waals surface area contributed by atoms with E-state index in [9.17, 15) is 4.79 Å². The third kappa shape index (κ3) is 3.22. The number of pyridine rings is 1. The monoisotopic (exact) mass is 325 g/mol. The van der Waals surface area contributed by atoms with Gasteiger partial charge in [0.25, 0.3) is 0 Å². The van der Waals surface area contributed by atoms with Gasteiger partial charge in [-0.1, -0.05) is 6.92 Å². The van der Waals surface area contributed by atoms with Crippen molar-refractivity contribution in [2.45, 2.75) is 32.2 Å². The maximum absolute atomic E-state index is 12.5. The first-order valence-electron chi connectivity index (χ1n) is 8.36. The fraction of sp³-hybridized carbons (Fsp3) is 0.444. The molecule has 1 atom stereocenters. The van der Waals surface area contributed by atoms with Crippen LogP contribution in [-0.2, 0) is 11.2 Å². The van der Waals surface area contributed by atoms with E-state index in [1.807, 2.05) is 18.2 Å². The summed E-state index contributed by atoms with van der Waals surface area (Å²) in [6.45, 7) is 2.93. The highest BCUT2D eigenvalue weighted by Crippen LogP contribution is 2.27. The van der Waals surface area contributed by atoms with E-state index in [0.717, 1.165) is 42.9 Å². The Labute approximate surface area is 142 Å². The van der Waals surface area contributed by atoms with E-state index >= 15 is 0 Å². The fourth-order valence-corrected chi connectivity index (χ4v) is 3.04. The van der Waals surface area contributed by atoms with Crippen molar-refractivity contribution in [2.75, 3.05) is 25.5 Å². The number of rotatable bonds is 4. The van der Waals surface area contributed by atoms with Gasteiger partial charge in [-0.2, -0.15) is 0 Å². The number of hydrogen-bond acceptors (Lipinski definition) is 5. The molecule has 2 aromatic rings. The normalized spacial score (nSPS) is 17.1. The van der Waals surface area contributed by atoms with Crippen LogP contribution in [-0.4, -0.2) is 52.4 Å². The lowest BCUT2D eigenvalue weighted by Gasteiger charge is -2.27. The van der Waals surface area contributed by atoms with Gasteiger partial charge in [-0.05, 0) is 31.4 Å². The van der Waals surface area contributed by atoms with Crippen LogP contribution in [0.5, 0.6) is 0 Å². The molecule has 1 saturated heterocycles. The number of amides is 1. The summed E-state index contributed by atoms with van der Waals surface area (Å²) in [5, 5.41) is 0. The van der Waals surface area contributed by atoms with Crippen LogP contribution in [0.2, 0.25) is 0 Å². The van der Waals surface area contributed by atoms with Crippen LogP contribution in [0.4, 0.5) is 5.82 Å². The topological polar surface area (TPSA) is 62.2 Å². The van der Waals surface area contributed by atoms with Crippen molar-refractivity contribution in [3.8, 4) is 11.4 Å². The lowest BCUT2D eigenvalue weighted by atomic mass is 10.2. The Hall–Kier alpha value is -2.50. The molecular formula is C18H23N5O. The summed E-state index contributed by atoms with van der Waals surface area (Å²) >= 11 is 0. The molecule has 1 aliphatic rings. The SMILES string of the molecule is CCc1cc(N2CCCC2C(=O)N(C)C)nc(-c2ccncc2)n1. The largest absolute Gasteiger partial charge is 0.347 e. The maximum Gasteiger partial charge on any atom is 0.244 e. The third-order valence-electron chi connectivity index (χ3n) is 4.34. The molecule has 3 rings (SSSR count). The molecule has 1 aliphatic heterocycles. The van der Waals surface area contributed by atoms with Gasteiger partial charge >= 0.3 is 0 Å². The van der Waals surface area contributed by atoms with Crippen molar-refractivity contribution < 1.29 is 4.79 Å². The summed E-state index contributed by atoms with van der Waals surface area (Å²) in [6, 6.07) is 5.69. The number of carbonyl (C=O) groups is 1. The Morgan fingerprint density at radius 3 is 2.71 bits per heavy atom. The second-order valence-electron chi connectivity index (χ2n) is 6.21. The van der Waals surface area contributed by atoms with Crippen LogP contribution in [0.1, 0.15) is 25.5 Å². The third-order valence-corrected chi connectivity index (χ3v) is 4.34. The number of aryl methyl sites for hydroxylation is 1. The first kappa shape index (κ1) is 16.4. The molecule has 0 spiro atoms. The lowest BCUT2D eigenvalue weighted by Crippen LogP contribution is -2.43. The number of carbonyl (C=O) groups excluding carboxylic acids is 1. The highest BCUT2D eigenvalue weighted by atomic mass is 16.2. The summed E-state index contributed by atoms with van der Waals surface area (Å²) in [6.07, 6.45) is 6.18. The first-order valence-corrected chi connectivity index (χ1v) is 8.36. The van der Waals surface area contributed by atoms with Crippen molar-refractivity contribution in [1.29, 1.82) is 0 Å². The van der Waals surface area contributed by atoms with Gasteiger partial charge in [-0.25, -0.2) is 9.97 Å². The summed E-state index contributed by atoms with van der Waals surface area (Å²) in [4.78, 5) is 29.7. The summed E-state index contributed by atoms with van der Waals surface area (Å²) in [7, 11) is 3.61. The Morgan fingerprint density at radius 1 is 1.29 bits per heavy atom. The second kappa shape index (κ2) is 6.95. The van der Waals surface area contributed by atoms with Gasteiger partial charge in [0.15, 0.2) is 5.82 Å². The molecule has 24 heavy (non-hydrogen) atoms. The number of anilines is 1. The molecule has 6 heteroatoms. The molecule has 126 valence electrons. The molecule has 3 heterocycles. The zero-order valence-electron chi connectivity index (χ0n) is 14.4. The predicted octanol–water partition coefficient (Wildman–Crippen LogP) is 2.16. The van der Waals surface area contributed by atoms with E-state index in [4.69, 9.17) is 4.98 Å². The molecule has 0 bridgehead atoms. The molecule has 0 N–H and O–H groups in total. The second-order valence-corrected chi connectivity index (χ2v) is 6.21. The molecule has 1 amide bonds. The number of hydrogen-bond donors (Lipinski definition) is 0. The zero-order chi connectivity index (χ0) is 17.1. The van der Waals surface area contributed by atoms with Gasteiger partial charge in [0.2, 0.25) is 5.91 Å². The molecule has 1 fully saturated rings. The fourth-order valence-electron chi connectivity index (χ4n) is 3.04. The Bertz CT molecular complexity index is 717. The van der Waals surface area contributed by atoms with Crippen LogP contribution < -0.4 is 4.90 Å². The van der Waals surface area contributed by atoms with E-state index in [1.54, 1.807) is 31.4 Å². The van der Waals surface area contributed by atoms with E-state index in [-0.39, 0.29) is 11.9 Å². The highest BCUT2D eigenvalue weighted by molar-refractivity contribution is 5.85. The Balaban J connectivity index is 1.99. The molecule has 0 radical (unpaired) electrons. The van der Waals surface area contributed by atoms with Crippen LogP contribution in [0, 0.1) is 0 Å². The number of aromatic nitrogens is 3. The van der Waals surface area contributed by atoms with Gasteiger partial charge < -0.3 is 9.80 Å². The summed E-state index contributed by atoms with van der Waals surface area (Å²) < 4.78 is 0. The van der Waals surface area contributed by atoms with E-state index < -0.39 is 0 Å². The minimum Gasteiger partial charge on any atom is -0.347 e. The molecule has 1 unspecified atom stereocenters. The lowest BCUT2D eigenvalue weighted by molar-refractivity contribution is -0.129. The van der Waals surface area contributed by atoms with Gasteiger partial charge in [0.05, 0.1) is 0 Å². The van der Waals surface area contributed by atoms with E-state index in [1.165, 1.54) is 0 Å². The molecule has 6 nitrogen and oxygen atoms in total. The van der Waals surface area contributed by atoms with Gasteiger partial charge in [-0.15, -0.1) is 0 Å². The van der Waals surface area contributed by atoms with Crippen molar-refractivity contribution in [1.82, 2.24) is 19.9 Å². The average molecular weight is 325 g/mol. The molecular weight excluding hydrogens is 302 g/mol. The van der Waals surface area contributed by atoms with Crippen LogP contribution in [0.15, 0.2) is 30.6 Å². The van der Waals surface area contributed by atoms with Crippen LogP contribution in [0.3, 0.4) is 0 Å². The minimum atomic E-state index is -0.134. The van der Waals surface area contributed by atoms with Gasteiger partial charge in [-0.3, -0.25) is 9.78 Å². The van der Waals surface area contributed by atoms with E-state index in [2.05, 4.69) is 21.8 Å². The van der Waals surface area contributed by atoms with Gasteiger partial charge in [0.1, 0.15) is 11.9 Å². The summed E-state index contributed by atoms with van der Waals surface area (Å²) in [5.41, 5.74) is 1.92. The van der Waals surface area contributed by atoms with Crippen LogP contribution in [0.25, 0.3) is 11.4 Å². The smallest absolute Gasteiger partial charge is 0.244 e. The molecule has 0 saturated carbocycles. The summed E-state index contributed by atoms with van der Waals surface area (Å²) in [5.74, 6) is 1.66. The van der Waals surface area contributed by atoms with Crippen molar-refractivity contribution >= 4 is 11.7 Å². The standard InChI is InChI=1S/C18H23N5O/c1-4-14-12-16(21-17(20-14)13-7-9-19-10-8-13)23-11-5-6-15(23)18(24)22(2)3/h7-10,12,15H,4-6,11H2,1-3H3. The Kier molecular flexibility index (Phi) is 4.74. The predicted molar refractivity (Wildman–Crippen MR) is 93.7 cm³/mol. The number of likely N-dealkylation sites (N-methyl/N-ethyl adjacent to an activating group) is 1. The maximum atomic E-state index is 12.5. The molecule has 0 aromatic carbocycles. The first-order chi connectivity index (χ1) is 11.6. The quantitative estimate of drug-likeness (QED) is 0.862. The zero-order valence-corrected chi connectivity index (χ0v) is 14.4. The highest BCUT2D eigenvalue weighted by Gasteiger charge is 2.33. The average Bonchev–Trinajstić information content (AvgIpc) is 3.11. The van der Waals surface area contributed by atoms with Crippen molar-refractivity contribution in [3.05, 3.63) is 36.3 Å². The minimum absolute atomic E-state index is 0.134. The molecule has 0 aliphatic carbocycles. The van der Waals surface area contributed by atoms with Crippen molar-refractivity contribution in [3.63, 3.8) is 0 Å². The van der Waals surface area contributed by atoms with E-state index in [0.29, 0.717) is 5.82 Å².